The van der Waals surface area contributed by atoms with Gasteiger partial charge in [0.2, 0.25) is 0 Å². The van der Waals surface area contributed by atoms with Gasteiger partial charge in [-0.3, -0.25) is 0 Å². The summed E-state index contributed by atoms with van der Waals surface area (Å²) in [7, 11) is 0. The molecule has 0 atom stereocenters. The Labute approximate surface area is 92.1 Å². The third-order valence-electron chi connectivity index (χ3n) is 2.01. The molecule has 1 rings (SSSR count). The van der Waals surface area contributed by atoms with E-state index in [1.807, 2.05) is 13.8 Å². The minimum atomic E-state index is -4.32. The maximum Gasteiger partial charge on any atom is 0.416 e. The molecule has 0 saturated heterocycles. The molecule has 0 nitrogen and oxygen atoms in total. The molecule has 15 heavy (non-hydrogen) atoms. The molecule has 1 aromatic rings. The van der Waals surface area contributed by atoms with Crippen molar-refractivity contribution in [2.45, 2.75) is 26.4 Å². The van der Waals surface area contributed by atoms with Crippen LogP contribution in [0.4, 0.5) is 13.2 Å². The Kier molecular flexibility index (Phi) is 3.66. The summed E-state index contributed by atoms with van der Waals surface area (Å²) in [4.78, 5) is 0. The monoisotopic (exact) mass is 236 g/mol. The van der Waals surface area contributed by atoms with E-state index in [-0.39, 0.29) is 10.9 Å². The first-order valence-corrected chi connectivity index (χ1v) is 5.04. The van der Waals surface area contributed by atoms with E-state index < -0.39 is 11.7 Å². The lowest BCUT2D eigenvalue weighted by molar-refractivity contribution is -0.138. The molecule has 0 aromatic heterocycles. The van der Waals surface area contributed by atoms with Crippen LogP contribution in [0.15, 0.2) is 18.2 Å². The highest BCUT2D eigenvalue weighted by molar-refractivity contribution is 6.30. The normalized spacial score (nSPS) is 12.2. The van der Waals surface area contributed by atoms with E-state index in [2.05, 4.69) is 0 Å². The number of benzene rings is 1. The fraction of sp³-hybridized carbons (Fsp3) is 0.455. The highest BCUT2D eigenvalue weighted by Crippen LogP contribution is 2.34. The molecule has 0 radical (unpaired) electrons. The number of hydrogen-bond acceptors (Lipinski definition) is 0. The van der Waals surface area contributed by atoms with Gasteiger partial charge in [-0.05, 0) is 30.0 Å². The highest BCUT2D eigenvalue weighted by Gasteiger charge is 2.33. The zero-order valence-corrected chi connectivity index (χ0v) is 9.28. The SMILES string of the molecule is CC(C)Cc1ccc(Cl)cc1C(F)(F)F. The summed E-state index contributed by atoms with van der Waals surface area (Å²) in [6, 6.07) is 3.93. The summed E-state index contributed by atoms with van der Waals surface area (Å²) in [5.74, 6) is 0.187. The van der Waals surface area contributed by atoms with Crippen LogP contribution in [0.1, 0.15) is 25.0 Å². The Morgan fingerprint density at radius 1 is 1.27 bits per heavy atom. The van der Waals surface area contributed by atoms with Gasteiger partial charge in [0.1, 0.15) is 0 Å². The topological polar surface area (TPSA) is 0 Å². The minimum Gasteiger partial charge on any atom is -0.166 e. The quantitative estimate of drug-likeness (QED) is 0.706. The molecule has 0 aliphatic rings. The summed E-state index contributed by atoms with van der Waals surface area (Å²) in [6.07, 6.45) is -3.92. The van der Waals surface area contributed by atoms with Gasteiger partial charge in [0.25, 0.3) is 0 Å². The molecule has 0 aliphatic carbocycles. The van der Waals surface area contributed by atoms with Gasteiger partial charge in [-0.2, -0.15) is 13.2 Å². The van der Waals surface area contributed by atoms with Crippen molar-refractivity contribution in [1.29, 1.82) is 0 Å². The fourth-order valence-corrected chi connectivity index (χ4v) is 1.60. The fourth-order valence-electron chi connectivity index (χ4n) is 1.43. The Hall–Kier alpha value is -0.700. The second-order valence-electron chi connectivity index (χ2n) is 3.90. The summed E-state index contributed by atoms with van der Waals surface area (Å²) >= 11 is 5.56. The lowest BCUT2D eigenvalue weighted by Crippen LogP contribution is -2.10. The number of hydrogen-bond donors (Lipinski definition) is 0. The van der Waals surface area contributed by atoms with Crippen LogP contribution in [-0.2, 0) is 12.6 Å². The molecule has 0 unspecified atom stereocenters. The predicted molar refractivity (Wildman–Crippen MR) is 55.0 cm³/mol. The maximum absolute atomic E-state index is 12.6. The van der Waals surface area contributed by atoms with Crippen LogP contribution in [0.3, 0.4) is 0 Å². The zero-order valence-electron chi connectivity index (χ0n) is 8.53. The van der Waals surface area contributed by atoms with Gasteiger partial charge in [0.05, 0.1) is 5.56 Å². The Balaban J connectivity index is 3.15. The van der Waals surface area contributed by atoms with Crippen molar-refractivity contribution in [2.75, 3.05) is 0 Å². The molecular formula is C11H12ClF3. The van der Waals surface area contributed by atoms with Gasteiger partial charge < -0.3 is 0 Å². The minimum absolute atomic E-state index is 0.120. The maximum atomic E-state index is 12.6. The van der Waals surface area contributed by atoms with Crippen molar-refractivity contribution in [2.24, 2.45) is 5.92 Å². The molecule has 4 heteroatoms. The van der Waals surface area contributed by atoms with Crippen molar-refractivity contribution in [1.82, 2.24) is 0 Å². The smallest absolute Gasteiger partial charge is 0.166 e. The van der Waals surface area contributed by atoms with E-state index in [1.54, 1.807) is 0 Å². The second-order valence-corrected chi connectivity index (χ2v) is 4.33. The standard InChI is InChI=1S/C11H12ClF3/c1-7(2)5-8-3-4-9(12)6-10(8)11(13,14)15/h3-4,6-7H,5H2,1-2H3. The van der Waals surface area contributed by atoms with E-state index in [0.717, 1.165) is 6.07 Å². The Morgan fingerprint density at radius 2 is 1.87 bits per heavy atom. The van der Waals surface area contributed by atoms with E-state index in [9.17, 15) is 13.2 Å². The first kappa shape index (κ1) is 12.4. The zero-order chi connectivity index (χ0) is 11.6. The van der Waals surface area contributed by atoms with Crippen molar-refractivity contribution >= 4 is 11.6 Å². The van der Waals surface area contributed by atoms with Gasteiger partial charge in [-0.25, -0.2) is 0 Å². The predicted octanol–water partition coefficient (Wildman–Crippen LogP) is 4.56. The largest absolute Gasteiger partial charge is 0.416 e. The molecule has 1 aromatic carbocycles. The van der Waals surface area contributed by atoms with Crippen molar-refractivity contribution in [3.63, 3.8) is 0 Å². The summed E-state index contributed by atoms with van der Waals surface area (Å²) < 4.78 is 37.9. The number of alkyl halides is 3. The van der Waals surface area contributed by atoms with Crippen LogP contribution in [0.2, 0.25) is 5.02 Å². The summed E-state index contributed by atoms with van der Waals surface area (Å²) in [5.41, 5.74) is -0.314. The molecule has 0 aliphatic heterocycles. The van der Waals surface area contributed by atoms with Crippen molar-refractivity contribution in [3.8, 4) is 0 Å². The van der Waals surface area contributed by atoms with E-state index in [1.165, 1.54) is 12.1 Å². The van der Waals surface area contributed by atoms with Gasteiger partial charge >= 0.3 is 6.18 Å². The molecule has 0 heterocycles. The lowest BCUT2D eigenvalue weighted by Gasteiger charge is -2.14. The van der Waals surface area contributed by atoms with E-state index >= 15 is 0 Å². The van der Waals surface area contributed by atoms with E-state index in [4.69, 9.17) is 11.6 Å². The Morgan fingerprint density at radius 3 is 2.33 bits per heavy atom. The van der Waals surface area contributed by atoms with Crippen LogP contribution in [0.5, 0.6) is 0 Å². The average molecular weight is 237 g/mol. The van der Waals surface area contributed by atoms with Gasteiger partial charge in [-0.15, -0.1) is 0 Å². The highest BCUT2D eigenvalue weighted by atomic mass is 35.5. The third-order valence-corrected chi connectivity index (χ3v) is 2.24. The molecular weight excluding hydrogens is 225 g/mol. The molecule has 0 spiro atoms. The van der Waals surface area contributed by atoms with Crippen molar-refractivity contribution in [3.05, 3.63) is 34.3 Å². The van der Waals surface area contributed by atoms with E-state index in [0.29, 0.717) is 12.0 Å². The van der Waals surface area contributed by atoms with Gasteiger partial charge in [0.15, 0.2) is 0 Å². The number of halogens is 4. The van der Waals surface area contributed by atoms with Crippen LogP contribution >= 0.6 is 11.6 Å². The molecule has 0 bridgehead atoms. The van der Waals surface area contributed by atoms with Crippen LogP contribution in [0.25, 0.3) is 0 Å². The molecule has 0 N–H and O–H groups in total. The average Bonchev–Trinajstić information content (AvgIpc) is 2.05. The summed E-state index contributed by atoms with van der Waals surface area (Å²) in [6.45, 7) is 3.77. The van der Waals surface area contributed by atoms with Crippen LogP contribution in [-0.4, -0.2) is 0 Å². The number of rotatable bonds is 2. The molecule has 0 fully saturated rings. The first-order chi connectivity index (χ1) is 6.80. The van der Waals surface area contributed by atoms with Crippen LogP contribution < -0.4 is 0 Å². The van der Waals surface area contributed by atoms with Crippen LogP contribution in [0, 0.1) is 5.92 Å². The van der Waals surface area contributed by atoms with Gasteiger partial charge in [-0.1, -0.05) is 31.5 Å². The Bertz CT molecular complexity index is 342. The lowest BCUT2D eigenvalue weighted by atomic mass is 9.98. The van der Waals surface area contributed by atoms with Gasteiger partial charge in [0, 0.05) is 5.02 Å². The summed E-state index contributed by atoms with van der Waals surface area (Å²) in [5, 5.41) is 0.120. The third kappa shape index (κ3) is 3.42. The molecule has 0 amide bonds. The first-order valence-electron chi connectivity index (χ1n) is 4.66. The molecule has 0 saturated carbocycles. The van der Waals surface area contributed by atoms with Crippen molar-refractivity contribution < 1.29 is 13.2 Å². The second kappa shape index (κ2) is 4.44. The molecule has 84 valence electrons.